The van der Waals surface area contributed by atoms with Crippen molar-refractivity contribution in [2.75, 3.05) is 7.11 Å². The molecule has 1 aliphatic heterocycles. The molecule has 0 unspecified atom stereocenters. The number of benzene rings is 1. The van der Waals surface area contributed by atoms with E-state index < -0.39 is 11.9 Å². The fraction of sp³-hybridized carbons (Fsp3) is 0.0556. The number of rotatable bonds is 4. The summed E-state index contributed by atoms with van der Waals surface area (Å²) >= 11 is 1.03. The lowest BCUT2D eigenvalue weighted by Gasteiger charge is -2.01. The van der Waals surface area contributed by atoms with Crippen LogP contribution in [0.5, 0.6) is 0 Å². The Morgan fingerprint density at radius 3 is 2.88 bits per heavy atom. The largest absolute Gasteiger partial charge is 0.466 e. The number of carbonyl (C=O) groups is 2. The van der Waals surface area contributed by atoms with Crippen molar-refractivity contribution in [1.29, 1.82) is 0 Å². The van der Waals surface area contributed by atoms with Gasteiger partial charge in [-0.2, -0.15) is 5.10 Å². The van der Waals surface area contributed by atoms with Gasteiger partial charge >= 0.3 is 5.97 Å². The number of hydrogen-bond donors (Lipinski definition) is 1. The van der Waals surface area contributed by atoms with Gasteiger partial charge in [0, 0.05) is 24.0 Å². The van der Waals surface area contributed by atoms with Gasteiger partial charge in [0.1, 0.15) is 0 Å². The number of pyridine rings is 1. The molecule has 1 aromatic carbocycles. The molecule has 3 rings (SSSR count). The van der Waals surface area contributed by atoms with Gasteiger partial charge in [-0.1, -0.05) is 24.3 Å². The zero-order valence-electron chi connectivity index (χ0n) is 13.7. The average molecular weight is 366 g/mol. The van der Waals surface area contributed by atoms with Crippen molar-refractivity contribution < 1.29 is 14.3 Å². The molecule has 0 saturated carbocycles. The monoisotopic (exact) mass is 366 g/mol. The first-order valence-corrected chi connectivity index (χ1v) is 8.37. The molecule has 1 amide bonds. The number of amidine groups is 1. The number of methoxy groups -OCH3 is 1. The van der Waals surface area contributed by atoms with Gasteiger partial charge in [0.2, 0.25) is 0 Å². The van der Waals surface area contributed by atoms with Crippen molar-refractivity contribution >= 4 is 35.0 Å². The Bertz CT molecular complexity index is 923. The Morgan fingerprint density at radius 2 is 2.12 bits per heavy atom. The van der Waals surface area contributed by atoms with Crippen molar-refractivity contribution in [3.8, 4) is 11.1 Å². The summed E-state index contributed by atoms with van der Waals surface area (Å²) in [7, 11) is 1.25. The summed E-state index contributed by atoms with van der Waals surface area (Å²) in [5, 5.41) is 10.8. The van der Waals surface area contributed by atoms with Crippen LogP contribution in [0.3, 0.4) is 0 Å². The standard InChI is InChI=1S/C18H14N4O3S/c1-25-16(23)9-15-17(24)21-18(26-15)22-20-10-12-4-2-5-13(8-12)14-6-3-7-19-11-14/h2-11H,1H3,(H,21,22,24)/b15-9+,20-10?. The quantitative estimate of drug-likeness (QED) is 0.388. The van der Waals surface area contributed by atoms with E-state index in [1.54, 1.807) is 18.6 Å². The van der Waals surface area contributed by atoms with Gasteiger partial charge in [-0.3, -0.25) is 15.1 Å². The number of carbonyl (C=O) groups excluding carboxylic acids is 2. The maximum Gasteiger partial charge on any atom is 0.331 e. The molecule has 0 atom stereocenters. The van der Waals surface area contributed by atoms with Gasteiger partial charge in [0.15, 0.2) is 5.17 Å². The van der Waals surface area contributed by atoms with E-state index in [1.165, 1.54) is 7.11 Å². The summed E-state index contributed by atoms with van der Waals surface area (Å²) in [5.74, 6) is -1.01. The first kappa shape index (κ1) is 17.6. The van der Waals surface area contributed by atoms with Crippen LogP contribution in [0.1, 0.15) is 5.56 Å². The van der Waals surface area contributed by atoms with E-state index in [1.807, 2.05) is 36.4 Å². The molecule has 1 aromatic heterocycles. The van der Waals surface area contributed by atoms with Gasteiger partial charge in [-0.15, -0.1) is 5.10 Å². The van der Waals surface area contributed by atoms with Crippen molar-refractivity contribution in [2.45, 2.75) is 0 Å². The van der Waals surface area contributed by atoms with Crippen LogP contribution >= 0.6 is 11.8 Å². The molecular formula is C18H14N4O3S. The summed E-state index contributed by atoms with van der Waals surface area (Å²) in [5.41, 5.74) is 2.88. The highest BCUT2D eigenvalue weighted by molar-refractivity contribution is 8.18. The molecule has 0 bridgehead atoms. The van der Waals surface area contributed by atoms with E-state index in [-0.39, 0.29) is 4.91 Å². The predicted molar refractivity (Wildman–Crippen MR) is 101 cm³/mol. The van der Waals surface area contributed by atoms with E-state index in [2.05, 4.69) is 25.2 Å². The molecule has 1 saturated heterocycles. The Hall–Kier alpha value is -3.26. The molecule has 8 heteroatoms. The minimum atomic E-state index is -0.598. The van der Waals surface area contributed by atoms with Crippen molar-refractivity contribution in [3.63, 3.8) is 0 Å². The zero-order valence-corrected chi connectivity index (χ0v) is 14.6. The highest BCUT2D eigenvalue weighted by Crippen LogP contribution is 2.23. The number of thioether (sulfide) groups is 1. The summed E-state index contributed by atoms with van der Waals surface area (Å²) in [6.45, 7) is 0. The van der Waals surface area contributed by atoms with Crippen molar-refractivity contribution in [3.05, 3.63) is 65.3 Å². The number of esters is 1. The van der Waals surface area contributed by atoms with Crippen LogP contribution in [-0.2, 0) is 14.3 Å². The minimum Gasteiger partial charge on any atom is -0.466 e. The number of ether oxygens (including phenoxy) is 1. The number of aromatic nitrogens is 1. The molecular weight excluding hydrogens is 352 g/mol. The second-order valence-corrected chi connectivity index (χ2v) is 6.14. The topological polar surface area (TPSA) is 93.0 Å². The molecule has 130 valence electrons. The number of amides is 1. The number of nitrogens with zero attached hydrogens (tertiary/aromatic N) is 3. The van der Waals surface area contributed by atoms with Gasteiger partial charge in [0.05, 0.1) is 18.2 Å². The van der Waals surface area contributed by atoms with Crippen molar-refractivity contribution in [2.24, 2.45) is 10.2 Å². The molecule has 1 aliphatic rings. The van der Waals surface area contributed by atoms with E-state index in [0.29, 0.717) is 5.17 Å². The third-order valence-electron chi connectivity index (χ3n) is 3.34. The third-order valence-corrected chi connectivity index (χ3v) is 4.24. The van der Waals surface area contributed by atoms with Crippen molar-refractivity contribution in [1.82, 2.24) is 10.3 Å². The van der Waals surface area contributed by atoms with Gasteiger partial charge in [-0.05, 0) is 35.0 Å². The smallest absolute Gasteiger partial charge is 0.331 e. The minimum absolute atomic E-state index is 0.212. The summed E-state index contributed by atoms with van der Waals surface area (Å²) in [6, 6.07) is 11.6. The Labute approximate surface area is 153 Å². The molecule has 2 heterocycles. The highest BCUT2D eigenvalue weighted by Gasteiger charge is 2.24. The molecule has 0 radical (unpaired) electrons. The maximum atomic E-state index is 11.7. The van der Waals surface area contributed by atoms with Gasteiger partial charge in [-0.25, -0.2) is 4.79 Å². The molecule has 0 aliphatic carbocycles. The molecule has 7 nitrogen and oxygen atoms in total. The fourth-order valence-corrected chi connectivity index (χ4v) is 2.86. The van der Waals surface area contributed by atoms with Gasteiger partial charge < -0.3 is 4.74 Å². The Kier molecular flexibility index (Phi) is 5.55. The number of hydrogen-bond acceptors (Lipinski definition) is 7. The summed E-state index contributed by atoms with van der Waals surface area (Å²) < 4.78 is 4.50. The zero-order chi connectivity index (χ0) is 18.4. The third kappa shape index (κ3) is 4.42. The first-order chi connectivity index (χ1) is 12.7. The van der Waals surface area contributed by atoms with E-state index in [0.717, 1.165) is 34.5 Å². The Morgan fingerprint density at radius 1 is 1.27 bits per heavy atom. The lowest BCUT2D eigenvalue weighted by molar-refractivity contribution is -0.135. The highest BCUT2D eigenvalue weighted by atomic mass is 32.2. The molecule has 2 aromatic rings. The predicted octanol–water partition coefficient (Wildman–Crippen LogP) is 2.36. The lowest BCUT2D eigenvalue weighted by atomic mass is 10.1. The molecule has 1 N–H and O–H groups in total. The van der Waals surface area contributed by atoms with E-state index in [9.17, 15) is 9.59 Å². The van der Waals surface area contributed by atoms with Crippen LogP contribution < -0.4 is 5.32 Å². The second-order valence-electron chi connectivity index (χ2n) is 5.10. The second kappa shape index (κ2) is 8.21. The maximum absolute atomic E-state index is 11.7. The van der Waals surface area contributed by atoms with Crippen LogP contribution in [0.2, 0.25) is 0 Å². The first-order valence-electron chi connectivity index (χ1n) is 7.56. The van der Waals surface area contributed by atoms with Crippen LogP contribution in [0, 0.1) is 0 Å². The van der Waals surface area contributed by atoms with E-state index >= 15 is 0 Å². The molecule has 26 heavy (non-hydrogen) atoms. The summed E-state index contributed by atoms with van der Waals surface area (Å²) in [4.78, 5) is 27.2. The Balaban J connectivity index is 1.71. The number of nitrogens with one attached hydrogen (secondary N) is 1. The fourth-order valence-electron chi connectivity index (χ4n) is 2.12. The summed E-state index contributed by atoms with van der Waals surface area (Å²) in [6.07, 6.45) is 6.21. The van der Waals surface area contributed by atoms with Gasteiger partial charge in [0.25, 0.3) is 5.91 Å². The SMILES string of the molecule is COC(=O)/C=C1/S/C(=N\N=Cc2cccc(-c3cccnc3)c2)NC1=O. The van der Waals surface area contributed by atoms with Crippen LogP contribution in [0.25, 0.3) is 11.1 Å². The molecule has 1 fully saturated rings. The average Bonchev–Trinajstić information content (AvgIpc) is 3.02. The molecule has 0 spiro atoms. The van der Waals surface area contributed by atoms with Crippen LogP contribution in [-0.4, -0.2) is 35.4 Å². The van der Waals surface area contributed by atoms with Crippen LogP contribution in [0.15, 0.2) is 70.0 Å². The van der Waals surface area contributed by atoms with E-state index in [4.69, 9.17) is 0 Å². The van der Waals surface area contributed by atoms with Crippen LogP contribution in [0.4, 0.5) is 0 Å². The normalized spacial score (nSPS) is 17.0. The lowest BCUT2D eigenvalue weighted by Crippen LogP contribution is -2.19.